The van der Waals surface area contributed by atoms with Crippen LogP contribution in [0.2, 0.25) is 0 Å². The highest BCUT2D eigenvalue weighted by molar-refractivity contribution is 5.97. The highest BCUT2D eigenvalue weighted by atomic mass is 16.2. The molecule has 4 rings (SSSR count). The Kier molecular flexibility index (Phi) is 3.58. The number of para-hydroxylation sites is 1. The van der Waals surface area contributed by atoms with E-state index in [-0.39, 0.29) is 11.9 Å². The minimum atomic E-state index is 0.181. The summed E-state index contributed by atoms with van der Waals surface area (Å²) in [6.45, 7) is 4.18. The van der Waals surface area contributed by atoms with Crippen LogP contribution in [-0.4, -0.2) is 39.9 Å². The number of carbonyl (C=O) groups excluding carboxylic acids is 1. The predicted molar refractivity (Wildman–Crippen MR) is 88.1 cm³/mol. The Hall–Kier alpha value is -2.27. The molecule has 0 unspecified atom stereocenters. The van der Waals surface area contributed by atoms with E-state index in [9.17, 15) is 4.79 Å². The number of benzene rings is 1. The molecule has 5 nitrogen and oxygen atoms in total. The Morgan fingerprint density at radius 3 is 3.09 bits per heavy atom. The van der Waals surface area contributed by atoms with Crippen molar-refractivity contribution in [2.24, 2.45) is 0 Å². The molecule has 1 amide bonds. The van der Waals surface area contributed by atoms with Crippen molar-refractivity contribution in [2.75, 3.05) is 18.0 Å². The second kappa shape index (κ2) is 5.74. The normalized spacial score (nSPS) is 20.2. The summed E-state index contributed by atoms with van der Waals surface area (Å²) in [4.78, 5) is 25.4. The SMILES string of the molecule is C[C@H]1Cc2ccccc2N1C(=O)CN1CCc2cncnc2C1. The van der Waals surface area contributed by atoms with E-state index >= 15 is 0 Å². The first-order valence-corrected chi connectivity index (χ1v) is 8.12. The van der Waals surface area contributed by atoms with E-state index in [0.717, 1.165) is 37.3 Å². The summed E-state index contributed by atoms with van der Waals surface area (Å²) in [5.41, 5.74) is 4.60. The molecule has 1 atom stereocenters. The molecule has 3 heterocycles. The van der Waals surface area contributed by atoms with Crippen LogP contribution >= 0.6 is 0 Å². The molecule has 0 saturated carbocycles. The number of anilines is 1. The quantitative estimate of drug-likeness (QED) is 0.849. The van der Waals surface area contributed by atoms with E-state index < -0.39 is 0 Å². The van der Waals surface area contributed by atoms with Crippen molar-refractivity contribution in [3.8, 4) is 0 Å². The summed E-state index contributed by atoms with van der Waals surface area (Å²) < 4.78 is 0. The standard InChI is InChI=1S/C18H20N4O/c1-13-8-14-4-2-3-5-17(14)22(13)18(23)11-21-7-6-15-9-19-12-20-16(15)10-21/h2-5,9,12-13H,6-8,10-11H2,1H3/t13-/m0/s1. The van der Waals surface area contributed by atoms with Crippen LogP contribution in [0.3, 0.4) is 0 Å². The molecular formula is C18H20N4O. The monoisotopic (exact) mass is 308 g/mol. The molecule has 2 aliphatic rings. The number of carbonyl (C=O) groups is 1. The van der Waals surface area contributed by atoms with Crippen molar-refractivity contribution in [3.05, 3.63) is 53.6 Å². The van der Waals surface area contributed by atoms with Gasteiger partial charge in [0, 0.05) is 31.0 Å². The summed E-state index contributed by atoms with van der Waals surface area (Å²) in [5.74, 6) is 0.181. The Morgan fingerprint density at radius 1 is 1.30 bits per heavy atom. The van der Waals surface area contributed by atoms with Crippen molar-refractivity contribution in [1.82, 2.24) is 14.9 Å². The maximum atomic E-state index is 12.9. The molecule has 0 N–H and O–H groups in total. The van der Waals surface area contributed by atoms with Gasteiger partial charge in [0.1, 0.15) is 6.33 Å². The average molecular weight is 308 g/mol. The smallest absolute Gasteiger partial charge is 0.241 e. The van der Waals surface area contributed by atoms with E-state index in [1.165, 1.54) is 11.1 Å². The van der Waals surface area contributed by atoms with E-state index in [2.05, 4.69) is 33.9 Å². The molecule has 0 spiro atoms. The van der Waals surface area contributed by atoms with Gasteiger partial charge in [-0.1, -0.05) is 18.2 Å². The Balaban J connectivity index is 1.49. The third-order valence-corrected chi connectivity index (χ3v) is 4.79. The summed E-state index contributed by atoms with van der Waals surface area (Å²) in [5, 5.41) is 0. The second-order valence-corrected chi connectivity index (χ2v) is 6.40. The molecule has 2 aromatic rings. The molecule has 5 heteroatoms. The van der Waals surface area contributed by atoms with Gasteiger partial charge >= 0.3 is 0 Å². The number of hydrogen-bond acceptors (Lipinski definition) is 4. The van der Waals surface area contributed by atoms with Crippen molar-refractivity contribution in [1.29, 1.82) is 0 Å². The number of aromatic nitrogens is 2. The fourth-order valence-electron chi connectivity index (χ4n) is 3.65. The number of fused-ring (bicyclic) bond motifs is 2. The molecule has 0 bridgehead atoms. The van der Waals surface area contributed by atoms with Gasteiger partial charge in [-0.05, 0) is 37.0 Å². The lowest BCUT2D eigenvalue weighted by Crippen LogP contribution is -2.44. The Bertz CT molecular complexity index is 745. The van der Waals surface area contributed by atoms with Gasteiger partial charge in [-0.25, -0.2) is 9.97 Å². The van der Waals surface area contributed by atoms with Crippen molar-refractivity contribution in [3.63, 3.8) is 0 Å². The average Bonchev–Trinajstić information content (AvgIpc) is 2.90. The molecule has 0 fully saturated rings. The van der Waals surface area contributed by atoms with Gasteiger partial charge in [-0.2, -0.15) is 0 Å². The van der Waals surface area contributed by atoms with Gasteiger partial charge in [-0.15, -0.1) is 0 Å². The second-order valence-electron chi connectivity index (χ2n) is 6.40. The molecule has 23 heavy (non-hydrogen) atoms. The van der Waals surface area contributed by atoms with E-state index in [0.29, 0.717) is 6.54 Å². The van der Waals surface area contributed by atoms with Crippen molar-refractivity contribution < 1.29 is 4.79 Å². The van der Waals surface area contributed by atoms with Gasteiger partial charge in [0.2, 0.25) is 5.91 Å². The maximum Gasteiger partial charge on any atom is 0.241 e. The first kappa shape index (κ1) is 14.3. The Labute approximate surface area is 136 Å². The van der Waals surface area contributed by atoms with E-state index in [4.69, 9.17) is 0 Å². The third kappa shape index (κ3) is 2.61. The molecule has 1 aromatic carbocycles. The third-order valence-electron chi connectivity index (χ3n) is 4.79. The molecular weight excluding hydrogens is 288 g/mol. The molecule has 0 aliphatic carbocycles. The largest absolute Gasteiger partial charge is 0.308 e. The lowest BCUT2D eigenvalue weighted by molar-refractivity contribution is -0.120. The van der Waals surface area contributed by atoms with Crippen LogP contribution in [0.1, 0.15) is 23.7 Å². The molecule has 2 aliphatic heterocycles. The van der Waals surface area contributed by atoms with Gasteiger partial charge in [0.15, 0.2) is 0 Å². The number of rotatable bonds is 2. The van der Waals surface area contributed by atoms with E-state index in [1.54, 1.807) is 6.33 Å². The van der Waals surface area contributed by atoms with Gasteiger partial charge < -0.3 is 4.90 Å². The number of hydrogen-bond donors (Lipinski definition) is 0. The number of nitrogens with zero attached hydrogens (tertiary/aromatic N) is 4. The minimum Gasteiger partial charge on any atom is -0.308 e. The highest BCUT2D eigenvalue weighted by Crippen LogP contribution is 2.32. The van der Waals surface area contributed by atoms with Crippen molar-refractivity contribution in [2.45, 2.75) is 32.4 Å². The zero-order chi connectivity index (χ0) is 15.8. The molecule has 1 aromatic heterocycles. The van der Waals surface area contributed by atoms with Gasteiger partial charge in [0.05, 0.1) is 12.2 Å². The lowest BCUT2D eigenvalue weighted by Gasteiger charge is -2.30. The molecule has 0 saturated heterocycles. The first-order valence-electron chi connectivity index (χ1n) is 8.12. The van der Waals surface area contributed by atoms with Crippen LogP contribution in [-0.2, 0) is 24.2 Å². The maximum absolute atomic E-state index is 12.9. The van der Waals surface area contributed by atoms with Gasteiger partial charge in [0.25, 0.3) is 0 Å². The fraction of sp³-hybridized carbons (Fsp3) is 0.389. The summed E-state index contributed by atoms with van der Waals surface area (Å²) in [6, 6.07) is 8.45. The molecule has 0 radical (unpaired) electrons. The summed E-state index contributed by atoms with van der Waals surface area (Å²) >= 11 is 0. The Morgan fingerprint density at radius 2 is 2.17 bits per heavy atom. The number of amides is 1. The van der Waals surface area contributed by atoms with Gasteiger partial charge in [-0.3, -0.25) is 9.69 Å². The summed E-state index contributed by atoms with van der Waals surface area (Å²) in [7, 11) is 0. The van der Waals surface area contributed by atoms with Crippen LogP contribution in [0.25, 0.3) is 0 Å². The zero-order valence-corrected chi connectivity index (χ0v) is 13.3. The van der Waals surface area contributed by atoms with Crippen LogP contribution < -0.4 is 4.90 Å². The topological polar surface area (TPSA) is 49.3 Å². The van der Waals surface area contributed by atoms with Crippen LogP contribution in [0.4, 0.5) is 5.69 Å². The molecule has 118 valence electrons. The first-order chi connectivity index (χ1) is 11.2. The van der Waals surface area contributed by atoms with Crippen molar-refractivity contribution >= 4 is 11.6 Å². The van der Waals surface area contributed by atoms with Crippen LogP contribution in [0.5, 0.6) is 0 Å². The zero-order valence-electron chi connectivity index (χ0n) is 13.3. The highest BCUT2D eigenvalue weighted by Gasteiger charge is 2.31. The van der Waals surface area contributed by atoms with Crippen LogP contribution in [0.15, 0.2) is 36.8 Å². The van der Waals surface area contributed by atoms with E-state index in [1.807, 2.05) is 23.2 Å². The fourth-order valence-corrected chi connectivity index (χ4v) is 3.65. The summed E-state index contributed by atoms with van der Waals surface area (Å²) in [6.07, 6.45) is 5.33. The van der Waals surface area contributed by atoms with Crippen LogP contribution in [0, 0.1) is 0 Å². The minimum absolute atomic E-state index is 0.181. The predicted octanol–water partition coefficient (Wildman–Crippen LogP) is 1.81. The lowest BCUT2D eigenvalue weighted by atomic mass is 10.1.